The number of aromatic nitrogens is 10. The quantitative estimate of drug-likeness (QED) is 0.335. The van der Waals surface area contributed by atoms with Gasteiger partial charge in [0.1, 0.15) is 5.69 Å². The Labute approximate surface area is 176 Å². The van der Waals surface area contributed by atoms with Gasteiger partial charge in [-0.2, -0.15) is 4.80 Å². The molecule has 0 amide bonds. The van der Waals surface area contributed by atoms with Crippen LogP contribution in [-0.4, -0.2) is 51.8 Å². The predicted molar refractivity (Wildman–Crippen MR) is 111 cm³/mol. The van der Waals surface area contributed by atoms with E-state index in [1.807, 2.05) is 42.5 Å². The fourth-order valence-electron chi connectivity index (χ4n) is 3.08. The highest BCUT2D eigenvalue weighted by Crippen LogP contribution is 2.15. The number of hydrogen-bond acceptors (Lipinski definition) is 9. The van der Waals surface area contributed by atoms with Crippen LogP contribution >= 0.6 is 0 Å². The van der Waals surface area contributed by atoms with Crippen molar-refractivity contribution in [1.82, 2.24) is 45.2 Å². The molecule has 0 saturated carbocycles. The number of fused-ring (bicyclic) bond motifs is 1. The van der Waals surface area contributed by atoms with E-state index in [4.69, 9.17) is 5.73 Å². The Hall–Kier alpha value is -4.48. The lowest BCUT2D eigenvalue weighted by molar-refractivity contribution is -0.566. The molecule has 0 bridgehead atoms. The van der Waals surface area contributed by atoms with Gasteiger partial charge in [0.05, 0.1) is 7.05 Å². The first-order valence-corrected chi connectivity index (χ1v) is 9.59. The van der Waals surface area contributed by atoms with Crippen LogP contribution in [0.4, 0.5) is 11.9 Å². The van der Waals surface area contributed by atoms with Crippen LogP contribution < -0.4 is 15.6 Å². The number of tetrazole rings is 1. The SMILES string of the molecule is Cn1nnc(-c2ccc(CCNc3nc(N)[n+]4[nH]c(-c5ccccn5)nc4n3)cc2)n1. The summed E-state index contributed by atoms with van der Waals surface area (Å²) in [7, 11) is 1.74. The number of benzene rings is 1. The highest BCUT2D eigenvalue weighted by atomic mass is 15.6. The molecule has 4 N–H and O–H groups in total. The summed E-state index contributed by atoms with van der Waals surface area (Å²) in [5.41, 5.74) is 8.84. The molecular formula is C19H19N12+. The van der Waals surface area contributed by atoms with Gasteiger partial charge >= 0.3 is 17.7 Å². The molecule has 12 nitrogen and oxygen atoms in total. The molecule has 0 saturated heterocycles. The molecule has 4 aromatic heterocycles. The van der Waals surface area contributed by atoms with Crippen LogP contribution in [0.1, 0.15) is 5.56 Å². The zero-order valence-corrected chi connectivity index (χ0v) is 16.6. The molecule has 0 unspecified atom stereocenters. The topological polar surface area (TPSA) is 153 Å². The van der Waals surface area contributed by atoms with Crippen molar-refractivity contribution in [3.63, 3.8) is 0 Å². The number of nitrogens with zero attached hydrogens (tertiary/aromatic N) is 9. The maximum Gasteiger partial charge on any atom is 0.384 e. The van der Waals surface area contributed by atoms with Crippen LogP contribution in [0.25, 0.3) is 28.7 Å². The van der Waals surface area contributed by atoms with Crippen molar-refractivity contribution in [2.75, 3.05) is 17.6 Å². The van der Waals surface area contributed by atoms with E-state index in [0.29, 0.717) is 35.6 Å². The molecular weight excluding hydrogens is 396 g/mol. The van der Waals surface area contributed by atoms with Gasteiger partial charge in [0, 0.05) is 18.3 Å². The second-order valence-corrected chi connectivity index (χ2v) is 6.80. The first kappa shape index (κ1) is 18.5. The summed E-state index contributed by atoms with van der Waals surface area (Å²) in [5, 5.41) is 18.3. The van der Waals surface area contributed by atoms with E-state index in [1.165, 1.54) is 9.31 Å². The number of aryl methyl sites for hydroxylation is 1. The standard InChI is InChI=1S/C19H18N12/c1-30-27-15(26-29-30)13-7-5-12(6-8-13)9-11-22-18-24-17(20)31-19(25-18)23-16(28-31)14-4-2-3-10-21-14/h2-8,10H,9,11H2,1H3,(H3,20,22,23,24,25,28)/p+1. The largest absolute Gasteiger partial charge is 0.384 e. The number of nitrogens with two attached hydrogens (primary N) is 1. The summed E-state index contributed by atoms with van der Waals surface area (Å²) in [4.78, 5) is 18.9. The Kier molecular flexibility index (Phi) is 4.63. The normalized spacial score (nSPS) is 11.1. The van der Waals surface area contributed by atoms with E-state index in [2.05, 4.69) is 45.8 Å². The van der Waals surface area contributed by atoms with E-state index < -0.39 is 0 Å². The fraction of sp³-hybridized carbons (Fsp3) is 0.158. The predicted octanol–water partition coefficient (Wildman–Crippen LogP) is 0.428. The maximum absolute atomic E-state index is 6.07. The molecule has 12 heteroatoms. The van der Waals surface area contributed by atoms with E-state index >= 15 is 0 Å². The van der Waals surface area contributed by atoms with Crippen molar-refractivity contribution in [3.05, 3.63) is 54.2 Å². The molecule has 5 rings (SSSR count). The molecule has 154 valence electrons. The van der Waals surface area contributed by atoms with Gasteiger partial charge in [0.15, 0.2) is 0 Å². The first-order chi connectivity index (χ1) is 15.2. The van der Waals surface area contributed by atoms with Crippen molar-refractivity contribution >= 4 is 17.7 Å². The molecule has 0 spiro atoms. The summed E-state index contributed by atoms with van der Waals surface area (Å²) in [6, 6.07) is 13.6. The number of aromatic amines is 1. The van der Waals surface area contributed by atoms with Crippen LogP contribution in [0, 0.1) is 0 Å². The molecule has 0 atom stereocenters. The number of H-pyrrole nitrogens is 1. The van der Waals surface area contributed by atoms with Gasteiger partial charge < -0.3 is 11.1 Å². The minimum absolute atomic E-state index is 0.253. The third kappa shape index (κ3) is 3.85. The minimum Gasteiger partial charge on any atom is -0.337 e. The Morgan fingerprint density at radius 3 is 2.71 bits per heavy atom. The number of nitrogen functional groups attached to an aromatic ring is 1. The molecule has 0 radical (unpaired) electrons. The summed E-state index contributed by atoms with van der Waals surface area (Å²) < 4.78 is 1.52. The fourth-order valence-corrected chi connectivity index (χ4v) is 3.08. The third-order valence-corrected chi connectivity index (χ3v) is 4.61. The molecule has 31 heavy (non-hydrogen) atoms. The van der Waals surface area contributed by atoms with Crippen LogP contribution in [0.15, 0.2) is 48.7 Å². The Bertz CT molecular complexity index is 1320. The number of pyridine rings is 1. The van der Waals surface area contributed by atoms with Crippen LogP contribution in [-0.2, 0) is 13.5 Å². The lowest BCUT2D eigenvalue weighted by atomic mass is 10.1. The van der Waals surface area contributed by atoms with Crippen molar-refractivity contribution in [2.24, 2.45) is 7.05 Å². The Balaban J connectivity index is 1.26. The second kappa shape index (κ2) is 7.74. The van der Waals surface area contributed by atoms with E-state index in [1.54, 1.807) is 13.2 Å². The highest BCUT2D eigenvalue weighted by molar-refractivity contribution is 5.54. The summed E-state index contributed by atoms with van der Waals surface area (Å²) >= 11 is 0. The number of anilines is 2. The molecule has 0 aliphatic carbocycles. The first-order valence-electron chi connectivity index (χ1n) is 9.59. The van der Waals surface area contributed by atoms with Crippen molar-refractivity contribution in [1.29, 1.82) is 0 Å². The molecule has 0 fully saturated rings. The van der Waals surface area contributed by atoms with E-state index in [9.17, 15) is 0 Å². The molecule has 1 aromatic carbocycles. The Morgan fingerprint density at radius 1 is 1.10 bits per heavy atom. The van der Waals surface area contributed by atoms with Gasteiger partial charge in [-0.05, 0) is 29.3 Å². The molecule has 4 heterocycles. The average molecular weight is 415 g/mol. The number of nitrogens with one attached hydrogen (secondary N) is 2. The summed E-state index contributed by atoms with van der Waals surface area (Å²) in [6.45, 7) is 0.635. The smallest absolute Gasteiger partial charge is 0.337 e. The molecule has 0 aliphatic heterocycles. The monoisotopic (exact) mass is 415 g/mol. The van der Waals surface area contributed by atoms with Gasteiger partial charge in [-0.3, -0.25) is 4.98 Å². The Morgan fingerprint density at radius 2 is 1.97 bits per heavy atom. The molecule has 5 aromatic rings. The van der Waals surface area contributed by atoms with Gasteiger partial charge in [-0.25, -0.2) is 5.10 Å². The van der Waals surface area contributed by atoms with Crippen molar-refractivity contribution in [2.45, 2.75) is 6.42 Å². The van der Waals surface area contributed by atoms with Gasteiger partial charge in [-0.15, -0.1) is 19.7 Å². The zero-order chi connectivity index (χ0) is 21.2. The zero-order valence-electron chi connectivity index (χ0n) is 16.6. The van der Waals surface area contributed by atoms with Gasteiger partial charge in [0.2, 0.25) is 11.6 Å². The van der Waals surface area contributed by atoms with E-state index in [-0.39, 0.29) is 5.95 Å². The summed E-state index contributed by atoms with van der Waals surface area (Å²) in [6.07, 6.45) is 2.48. The van der Waals surface area contributed by atoms with Crippen LogP contribution in [0.5, 0.6) is 0 Å². The van der Waals surface area contributed by atoms with E-state index in [0.717, 1.165) is 17.5 Å². The highest BCUT2D eigenvalue weighted by Gasteiger charge is 2.18. The lowest BCUT2D eigenvalue weighted by Crippen LogP contribution is -2.31. The van der Waals surface area contributed by atoms with Crippen molar-refractivity contribution < 1.29 is 4.52 Å². The van der Waals surface area contributed by atoms with Crippen molar-refractivity contribution in [3.8, 4) is 22.9 Å². The molecule has 0 aliphatic rings. The van der Waals surface area contributed by atoms with Gasteiger partial charge in [-0.1, -0.05) is 40.3 Å². The van der Waals surface area contributed by atoms with Crippen LogP contribution in [0.3, 0.4) is 0 Å². The lowest BCUT2D eigenvalue weighted by Gasteiger charge is -2.03. The average Bonchev–Trinajstić information content (AvgIpc) is 3.42. The second-order valence-electron chi connectivity index (χ2n) is 6.80. The number of hydrogen-bond donors (Lipinski definition) is 3. The third-order valence-electron chi connectivity index (χ3n) is 4.61. The van der Waals surface area contributed by atoms with Crippen LogP contribution in [0.2, 0.25) is 0 Å². The maximum atomic E-state index is 6.07. The number of rotatable bonds is 6. The van der Waals surface area contributed by atoms with Gasteiger partial charge in [0.25, 0.3) is 0 Å². The summed E-state index contributed by atoms with van der Waals surface area (Å²) in [5.74, 6) is 2.25. The minimum atomic E-state index is 0.253.